The van der Waals surface area contributed by atoms with Crippen LogP contribution >= 0.6 is 0 Å². The van der Waals surface area contributed by atoms with Crippen LogP contribution in [0.2, 0.25) is 0 Å². The summed E-state index contributed by atoms with van der Waals surface area (Å²) in [5.41, 5.74) is 0. The van der Waals surface area contributed by atoms with Gasteiger partial charge in [-0.3, -0.25) is 14.5 Å². The molecule has 0 aliphatic carbocycles. The van der Waals surface area contributed by atoms with Crippen molar-refractivity contribution < 1.29 is 19.5 Å². The quantitative estimate of drug-likeness (QED) is 0.583. The Morgan fingerprint density at radius 2 is 1.77 bits per heavy atom. The lowest BCUT2D eigenvalue weighted by Crippen LogP contribution is -2.50. The zero-order chi connectivity index (χ0) is 19.4. The molecule has 2 heterocycles. The molecule has 0 unspecified atom stereocenters. The fourth-order valence-corrected chi connectivity index (χ4v) is 3.22. The van der Waals surface area contributed by atoms with E-state index in [-0.39, 0.29) is 24.5 Å². The van der Waals surface area contributed by atoms with Gasteiger partial charge in [-0.2, -0.15) is 0 Å². The third-order valence-electron chi connectivity index (χ3n) is 4.65. The molecule has 0 atom stereocenters. The first-order valence-electron chi connectivity index (χ1n) is 9.31. The maximum Gasteiger partial charge on any atom is 0.317 e. The zero-order valence-corrected chi connectivity index (χ0v) is 15.9. The molecule has 26 heavy (non-hydrogen) atoms. The number of urea groups is 1. The number of nitrogens with zero attached hydrogens (tertiary/aromatic N) is 3. The van der Waals surface area contributed by atoms with Crippen molar-refractivity contribution in [2.24, 2.45) is 0 Å². The van der Waals surface area contributed by atoms with Crippen LogP contribution in [-0.2, 0) is 9.59 Å². The van der Waals surface area contributed by atoms with E-state index in [2.05, 4.69) is 27.5 Å². The number of carbonyl (C=O) groups is 3. The number of nitrogens with one attached hydrogen (secondary N) is 2. The summed E-state index contributed by atoms with van der Waals surface area (Å²) < 4.78 is 0. The Bertz CT molecular complexity index is 441. The van der Waals surface area contributed by atoms with E-state index < -0.39 is 0 Å². The van der Waals surface area contributed by atoms with Crippen LogP contribution in [0.1, 0.15) is 26.2 Å². The molecule has 9 heteroatoms. The molecule has 0 bridgehead atoms. The number of rotatable bonds is 4. The minimum Gasteiger partial charge on any atom is -0.483 e. The molecule has 2 aliphatic heterocycles. The predicted molar refractivity (Wildman–Crippen MR) is 99.1 cm³/mol. The Kier molecular flexibility index (Phi) is 10.6. The summed E-state index contributed by atoms with van der Waals surface area (Å²) in [5, 5.41) is 12.8. The first-order chi connectivity index (χ1) is 12.5. The van der Waals surface area contributed by atoms with Crippen molar-refractivity contribution in [3.05, 3.63) is 0 Å². The lowest BCUT2D eigenvalue weighted by Gasteiger charge is -2.32. The molecule has 0 aromatic carbocycles. The molecule has 2 rings (SSSR count). The van der Waals surface area contributed by atoms with Crippen LogP contribution in [0.15, 0.2) is 0 Å². The van der Waals surface area contributed by atoms with Gasteiger partial charge in [0.2, 0.25) is 5.91 Å². The van der Waals surface area contributed by atoms with E-state index in [9.17, 15) is 9.59 Å². The van der Waals surface area contributed by atoms with Gasteiger partial charge in [-0.15, -0.1) is 0 Å². The van der Waals surface area contributed by atoms with Gasteiger partial charge in [0.15, 0.2) is 0 Å². The van der Waals surface area contributed by atoms with Crippen LogP contribution in [0, 0.1) is 0 Å². The van der Waals surface area contributed by atoms with Crippen LogP contribution in [0.25, 0.3) is 0 Å². The van der Waals surface area contributed by atoms with Crippen molar-refractivity contribution in [1.82, 2.24) is 25.3 Å². The minimum absolute atomic E-state index is 0.00552. The summed E-state index contributed by atoms with van der Waals surface area (Å²) in [6.45, 7) is 8.33. The summed E-state index contributed by atoms with van der Waals surface area (Å²) in [5.74, 6) is 0.117. The van der Waals surface area contributed by atoms with E-state index in [1.54, 1.807) is 0 Å². The van der Waals surface area contributed by atoms with Crippen molar-refractivity contribution in [3.63, 3.8) is 0 Å². The van der Waals surface area contributed by atoms with Crippen LogP contribution < -0.4 is 10.6 Å². The van der Waals surface area contributed by atoms with Crippen LogP contribution in [0.5, 0.6) is 0 Å². The zero-order valence-electron chi connectivity index (χ0n) is 15.9. The van der Waals surface area contributed by atoms with E-state index in [1.165, 1.54) is 0 Å². The molecule has 3 N–H and O–H groups in total. The maximum absolute atomic E-state index is 12.2. The molecule has 0 spiro atoms. The van der Waals surface area contributed by atoms with Crippen LogP contribution in [-0.4, -0.2) is 104 Å². The fraction of sp³-hybridized carbons (Fsp3) is 0.824. The normalized spacial score (nSPS) is 19.7. The first-order valence-corrected chi connectivity index (χ1v) is 9.31. The molecule has 0 radical (unpaired) electrons. The Morgan fingerprint density at radius 3 is 2.38 bits per heavy atom. The number of hydrogen-bond donors (Lipinski definition) is 3. The topological polar surface area (TPSA) is 105 Å². The molecule has 0 saturated carbocycles. The number of carbonyl (C=O) groups excluding carboxylic acids is 2. The second kappa shape index (κ2) is 12.5. The molecule has 0 aromatic heterocycles. The largest absolute Gasteiger partial charge is 0.483 e. The van der Waals surface area contributed by atoms with Gasteiger partial charge in [-0.05, 0) is 46.3 Å². The Labute approximate surface area is 155 Å². The fourth-order valence-electron chi connectivity index (χ4n) is 3.22. The van der Waals surface area contributed by atoms with Crippen LogP contribution in [0.3, 0.4) is 0 Å². The molecule has 150 valence electrons. The van der Waals surface area contributed by atoms with Gasteiger partial charge in [0.1, 0.15) is 0 Å². The van der Waals surface area contributed by atoms with Gasteiger partial charge in [-0.25, -0.2) is 4.79 Å². The first kappa shape index (κ1) is 22.2. The molecular weight excluding hydrogens is 338 g/mol. The number of hydrogen-bond acceptors (Lipinski definition) is 5. The standard InChI is InChI=1S/C16H31N5O2.CH2O2/c1-3-17-16(23)21-9-5-14(6-10-21)18-15(22)13-20-8-4-7-19(2)11-12-20;2-1-3/h14H,3-13H2,1-2H3,(H,17,23)(H,18,22);1H,(H,2,3). The van der Waals surface area contributed by atoms with Crippen molar-refractivity contribution in [2.45, 2.75) is 32.2 Å². The Balaban J connectivity index is 0.00000105. The highest BCUT2D eigenvalue weighted by molar-refractivity contribution is 5.78. The van der Waals surface area contributed by atoms with E-state index in [0.717, 1.165) is 45.4 Å². The molecular formula is C17H33N5O4. The van der Waals surface area contributed by atoms with E-state index in [4.69, 9.17) is 9.90 Å². The maximum atomic E-state index is 12.2. The molecule has 9 nitrogen and oxygen atoms in total. The van der Waals surface area contributed by atoms with Crippen molar-refractivity contribution in [1.29, 1.82) is 0 Å². The Hall–Kier alpha value is -1.87. The highest BCUT2D eigenvalue weighted by Crippen LogP contribution is 2.10. The predicted octanol–water partition coefficient (Wildman–Crippen LogP) is -0.365. The van der Waals surface area contributed by atoms with Gasteiger partial charge in [0, 0.05) is 38.8 Å². The summed E-state index contributed by atoms with van der Waals surface area (Å²) >= 11 is 0. The van der Waals surface area contributed by atoms with Crippen LogP contribution in [0.4, 0.5) is 4.79 Å². The molecule has 2 aliphatic rings. The third-order valence-corrected chi connectivity index (χ3v) is 4.65. The Morgan fingerprint density at radius 1 is 1.12 bits per heavy atom. The van der Waals surface area contributed by atoms with Gasteiger partial charge < -0.3 is 25.5 Å². The monoisotopic (exact) mass is 371 g/mol. The number of piperidine rings is 1. The van der Waals surface area contributed by atoms with Gasteiger partial charge in [0.05, 0.1) is 6.54 Å². The minimum atomic E-state index is -0.250. The molecule has 2 saturated heterocycles. The van der Waals surface area contributed by atoms with Gasteiger partial charge in [0.25, 0.3) is 6.47 Å². The molecule has 2 fully saturated rings. The number of carboxylic acid groups (broad SMARTS) is 1. The smallest absolute Gasteiger partial charge is 0.317 e. The second-order valence-corrected chi connectivity index (χ2v) is 6.70. The van der Waals surface area contributed by atoms with E-state index in [1.807, 2.05) is 11.8 Å². The summed E-state index contributed by atoms with van der Waals surface area (Å²) in [6, 6.07) is 0.203. The second-order valence-electron chi connectivity index (χ2n) is 6.70. The lowest BCUT2D eigenvalue weighted by molar-refractivity contribution is -0.123. The van der Waals surface area contributed by atoms with Gasteiger partial charge in [-0.1, -0.05) is 0 Å². The van der Waals surface area contributed by atoms with Gasteiger partial charge >= 0.3 is 6.03 Å². The average molecular weight is 371 g/mol. The van der Waals surface area contributed by atoms with Crippen molar-refractivity contribution in [3.8, 4) is 0 Å². The van der Waals surface area contributed by atoms with E-state index >= 15 is 0 Å². The average Bonchev–Trinajstić information content (AvgIpc) is 2.81. The van der Waals surface area contributed by atoms with E-state index in [0.29, 0.717) is 26.2 Å². The number of likely N-dealkylation sites (N-methyl/N-ethyl adjacent to an activating group) is 1. The highest BCUT2D eigenvalue weighted by atomic mass is 16.3. The number of likely N-dealkylation sites (tertiary alicyclic amines) is 1. The SMILES string of the molecule is CCNC(=O)N1CCC(NC(=O)CN2CCCN(C)CC2)CC1.O=CO. The summed E-state index contributed by atoms with van der Waals surface area (Å²) in [7, 11) is 2.13. The molecule has 3 amide bonds. The lowest BCUT2D eigenvalue weighted by atomic mass is 10.1. The van der Waals surface area contributed by atoms with Crippen molar-refractivity contribution >= 4 is 18.4 Å². The third kappa shape index (κ3) is 8.48. The van der Waals surface area contributed by atoms with Crippen molar-refractivity contribution in [2.75, 3.05) is 59.4 Å². The summed E-state index contributed by atoms with van der Waals surface area (Å²) in [4.78, 5) is 38.7. The summed E-state index contributed by atoms with van der Waals surface area (Å²) in [6.07, 6.45) is 2.80. The highest BCUT2D eigenvalue weighted by Gasteiger charge is 2.24. The molecule has 0 aromatic rings. The number of amides is 3.